The molecule has 0 saturated heterocycles. The van der Waals surface area contributed by atoms with Crippen molar-refractivity contribution in [2.45, 2.75) is 56.5 Å². The van der Waals surface area contributed by atoms with Crippen molar-refractivity contribution in [3.05, 3.63) is 29.8 Å². The zero-order chi connectivity index (χ0) is 15.4. The SMILES string of the molecule is CC(C)S(=O)(=O)c1ccc(CCC#C[Si](C)(C)C)cc1. The van der Waals surface area contributed by atoms with Gasteiger partial charge in [0.05, 0.1) is 10.1 Å². The number of hydrogen-bond donors (Lipinski definition) is 0. The fourth-order valence-electron chi connectivity index (χ4n) is 1.65. The Morgan fingerprint density at radius 1 is 1.10 bits per heavy atom. The van der Waals surface area contributed by atoms with Crippen molar-refractivity contribution in [3.63, 3.8) is 0 Å². The molecule has 0 aliphatic heterocycles. The third-order valence-corrected chi connectivity index (χ3v) is 5.97. The van der Waals surface area contributed by atoms with Gasteiger partial charge in [-0.25, -0.2) is 8.42 Å². The van der Waals surface area contributed by atoms with E-state index in [2.05, 4.69) is 31.1 Å². The second-order valence-electron chi connectivity index (χ2n) is 6.29. The van der Waals surface area contributed by atoms with Crippen LogP contribution in [-0.2, 0) is 16.3 Å². The van der Waals surface area contributed by atoms with Crippen molar-refractivity contribution < 1.29 is 8.42 Å². The van der Waals surface area contributed by atoms with Crippen LogP contribution in [0.4, 0.5) is 0 Å². The molecule has 0 radical (unpaired) electrons. The van der Waals surface area contributed by atoms with Crippen molar-refractivity contribution in [1.29, 1.82) is 0 Å². The second kappa shape index (κ2) is 6.60. The van der Waals surface area contributed by atoms with Crippen LogP contribution in [0.3, 0.4) is 0 Å². The van der Waals surface area contributed by atoms with Gasteiger partial charge in [-0.2, -0.15) is 0 Å². The molecule has 0 atom stereocenters. The summed E-state index contributed by atoms with van der Waals surface area (Å²) in [6.07, 6.45) is 1.71. The number of rotatable bonds is 4. The molecule has 0 aromatic heterocycles. The van der Waals surface area contributed by atoms with E-state index in [1.54, 1.807) is 26.0 Å². The Kier molecular flexibility index (Phi) is 5.61. The van der Waals surface area contributed by atoms with Gasteiger partial charge in [-0.15, -0.1) is 11.5 Å². The molecule has 1 aromatic rings. The summed E-state index contributed by atoms with van der Waals surface area (Å²) in [5.41, 5.74) is 4.47. The average Bonchev–Trinajstić information content (AvgIpc) is 2.34. The largest absolute Gasteiger partial charge is 0.223 e. The summed E-state index contributed by atoms with van der Waals surface area (Å²) < 4.78 is 24.0. The van der Waals surface area contributed by atoms with Gasteiger partial charge in [0, 0.05) is 6.42 Å². The van der Waals surface area contributed by atoms with E-state index in [9.17, 15) is 8.42 Å². The molecule has 1 aromatic carbocycles. The monoisotopic (exact) mass is 308 g/mol. The highest BCUT2D eigenvalue weighted by Crippen LogP contribution is 2.17. The van der Waals surface area contributed by atoms with Crippen LogP contribution in [0, 0.1) is 11.5 Å². The van der Waals surface area contributed by atoms with E-state index in [0.29, 0.717) is 4.90 Å². The van der Waals surface area contributed by atoms with Crippen molar-refractivity contribution in [2.75, 3.05) is 0 Å². The lowest BCUT2D eigenvalue weighted by Gasteiger charge is -2.08. The zero-order valence-corrected chi connectivity index (χ0v) is 14.8. The quantitative estimate of drug-likeness (QED) is 0.628. The molecule has 4 heteroatoms. The van der Waals surface area contributed by atoms with Gasteiger partial charge in [0.2, 0.25) is 0 Å². The Morgan fingerprint density at radius 3 is 2.10 bits per heavy atom. The molecule has 110 valence electrons. The Morgan fingerprint density at radius 2 is 1.65 bits per heavy atom. The molecule has 0 heterocycles. The van der Waals surface area contributed by atoms with Crippen LogP contribution in [0.15, 0.2) is 29.2 Å². The van der Waals surface area contributed by atoms with Crippen molar-refractivity contribution in [3.8, 4) is 11.5 Å². The third kappa shape index (κ3) is 5.14. The first-order chi connectivity index (χ1) is 9.13. The van der Waals surface area contributed by atoms with Gasteiger partial charge in [0.1, 0.15) is 8.07 Å². The Bertz CT molecular complexity index is 597. The van der Waals surface area contributed by atoms with Crippen LogP contribution in [0.5, 0.6) is 0 Å². The summed E-state index contributed by atoms with van der Waals surface area (Å²) in [5, 5.41) is -0.379. The second-order valence-corrected chi connectivity index (χ2v) is 13.5. The molecule has 20 heavy (non-hydrogen) atoms. The highest BCUT2D eigenvalue weighted by molar-refractivity contribution is 7.92. The molecule has 0 N–H and O–H groups in total. The molecular weight excluding hydrogens is 284 g/mol. The minimum atomic E-state index is -3.16. The van der Waals surface area contributed by atoms with Gasteiger partial charge >= 0.3 is 0 Å². The number of hydrogen-bond acceptors (Lipinski definition) is 2. The lowest BCUT2D eigenvalue weighted by molar-refractivity contribution is 0.587. The van der Waals surface area contributed by atoms with E-state index in [4.69, 9.17) is 0 Å². The van der Waals surface area contributed by atoms with Crippen molar-refractivity contribution >= 4 is 17.9 Å². The molecule has 0 saturated carbocycles. The lowest BCUT2D eigenvalue weighted by Crippen LogP contribution is -2.16. The molecule has 0 aliphatic rings. The van der Waals surface area contributed by atoms with Crippen LogP contribution in [-0.4, -0.2) is 21.7 Å². The molecule has 0 bridgehead atoms. The third-order valence-electron chi connectivity index (χ3n) is 2.87. The first kappa shape index (κ1) is 17.0. The van der Waals surface area contributed by atoms with Crippen LogP contribution in [0.1, 0.15) is 25.8 Å². The van der Waals surface area contributed by atoms with Crippen LogP contribution in [0.2, 0.25) is 19.6 Å². The fraction of sp³-hybridized carbons (Fsp3) is 0.500. The molecular formula is C16H24O2SSi. The normalized spacial score (nSPS) is 12.1. The molecule has 0 aliphatic carbocycles. The van der Waals surface area contributed by atoms with Gasteiger partial charge in [-0.3, -0.25) is 0 Å². The lowest BCUT2D eigenvalue weighted by atomic mass is 10.1. The minimum Gasteiger partial charge on any atom is -0.223 e. The maximum Gasteiger partial charge on any atom is 0.180 e. The van der Waals surface area contributed by atoms with E-state index < -0.39 is 17.9 Å². The van der Waals surface area contributed by atoms with Gasteiger partial charge in [0.15, 0.2) is 9.84 Å². The Labute approximate surface area is 124 Å². The number of benzene rings is 1. The Hall–Kier alpha value is -1.05. The number of sulfone groups is 1. The highest BCUT2D eigenvalue weighted by Gasteiger charge is 2.18. The minimum absolute atomic E-state index is 0.379. The van der Waals surface area contributed by atoms with Crippen LogP contribution < -0.4 is 0 Å². The Balaban J connectivity index is 2.71. The molecule has 0 unspecified atom stereocenters. The van der Waals surface area contributed by atoms with E-state index in [-0.39, 0.29) is 5.25 Å². The van der Waals surface area contributed by atoms with E-state index in [0.717, 1.165) is 18.4 Å². The highest BCUT2D eigenvalue weighted by atomic mass is 32.2. The molecule has 0 spiro atoms. The van der Waals surface area contributed by atoms with Gasteiger partial charge in [-0.1, -0.05) is 31.8 Å². The molecule has 0 amide bonds. The topological polar surface area (TPSA) is 34.1 Å². The molecule has 1 rings (SSSR count). The first-order valence-corrected chi connectivity index (χ1v) is 12.0. The predicted octanol–water partition coefficient (Wildman–Crippen LogP) is 3.68. The summed E-state index contributed by atoms with van der Waals surface area (Å²) in [6.45, 7) is 10.1. The summed E-state index contributed by atoms with van der Waals surface area (Å²) >= 11 is 0. The average molecular weight is 309 g/mol. The predicted molar refractivity (Wildman–Crippen MR) is 88.2 cm³/mol. The number of aryl methyl sites for hydroxylation is 1. The van der Waals surface area contributed by atoms with Gasteiger partial charge in [-0.05, 0) is 38.0 Å². The summed E-state index contributed by atoms with van der Waals surface area (Å²) in [7, 11) is -4.44. The first-order valence-electron chi connectivity index (χ1n) is 6.96. The van der Waals surface area contributed by atoms with Gasteiger partial charge in [0.25, 0.3) is 0 Å². The van der Waals surface area contributed by atoms with Gasteiger partial charge < -0.3 is 0 Å². The van der Waals surface area contributed by atoms with E-state index in [1.165, 1.54) is 0 Å². The maximum absolute atomic E-state index is 12.0. The van der Waals surface area contributed by atoms with Crippen molar-refractivity contribution in [1.82, 2.24) is 0 Å². The maximum atomic E-state index is 12.0. The standard InChI is InChI=1S/C16H24O2SSi/c1-14(2)19(17,18)16-11-9-15(10-12-16)8-6-7-13-20(3,4)5/h9-12,14H,6,8H2,1-5H3. The summed E-state index contributed by atoms with van der Waals surface area (Å²) in [5.74, 6) is 3.23. The molecule has 0 fully saturated rings. The summed E-state index contributed by atoms with van der Waals surface area (Å²) in [4.78, 5) is 0.407. The molecule has 2 nitrogen and oxygen atoms in total. The summed E-state index contributed by atoms with van der Waals surface area (Å²) in [6, 6.07) is 7.20. The smallest absolute Gasteiger partial charge is 0.180 e. The fourth-order valence-corrected chi connectivity index (χ4v) is 3.37. The van der Waals surface area contributed by atoms with E-state index in [1.807, 2.05) is 12.1 Å². The zero-order valence-electron chi connectivity index (χ0n) is 13.0. The van der Waals surface area contributed by atoms with Crippen LogP contribution >= 0.6 is 0 Å². The van der Waals surface area contributed by atoms with Crippen molar-refractivity contribution in [2.24, 2.45) is 0 Å². The van der Waals surface area contributed by atoms with E-state index >= 15 is 0 Å². The van der Waals surface area contributed by atoms with Crippen LogP contribution in [0.25, 0.3) is 0 Å².